The van der Waals surface area contributed by atoms with E-state index in [4.69, 9.17) is 10.5 Å². The van der Waals surface area contributed by atoms with Gasteiger partial charge in [-0.15, -0.1) is 0 Å². The summed E-state index contributed by atoms with van der Waals surface area (Å²) in [5.74, 6) is 0. The summed E-state index contributed by atoms with van der Waals surface area (Å²) in [7, 11) is 0. The van der Waals surface area contributed by atoms with E-state index in [9.17, 15) is 0 Å². The van der Waals surface area contributed by atoms with Gasteiger partial charge < -0.3 is 1.43 Å². The Labute approximate surface area is 78.9 Å². The van der Waals surface area contributed by atoms with Crippen LogP contribution in [0.4, 0.5) is 0 Å². The monoisotopic (exact) mass is 130 g/mol. The summed E-state index contributed by atoms with van der Waals surface area (Å²) in [5.41, 5.74) is 0. The normalized spacial score (nSPS) is 1.50. The Balaban J connectivity index is -0.00000000167. The molecule has 0 heterocycles. The fraction of sp³-hybridized carbons (Fsp3) is 0. The van der Waals surface area contributed by atoms with E-state index in [0.29, 0.717) is 0 Å². The standard InChI is InChI=1S/Fe.K.H2O2.H/c;;1-2;/h;;1-2H;/q;+1;;-1. The number of hydrogen-bond acceptors (Lipinski definition) is 2. The van der Waals surface area contributed by atoms with Crippen molar-refractivity contribution in [2.24, 2.45) is 0 Å². The summed E-state index contributed by atoms with van der Waals surface area (Å²) >= 11 is 0. The summed E-state index contributed by atoms with van der Waals surface area (Å²) in [4.78, 5) is 0. The van der Waals surface area contributed by atoms with Crippen LogP contribution in [0.1, 0.15) is 1.43 Å². The van der Waals surface area contributed by atoms with Gasteiger partial charge in [0.15, 0.2) is 0 Å². The van der Waals surface area contributed by atoms with Gasteiger partial charge in [-0.1, -0.05) is 0 Å². The quantitative estimate of drug-likeness (QED) is 0.210. The molecule has 0 atom stereocenters. The van der Waals surface area contributed by atoms with Gasteiger partial charge in [0.05, 0.1) is 0 Å². The Morgan fingerprint density at radius 3 is 1.25 bits per heavy atom. The zero-order valence-electron chi connectivity index (χ0n) is 3.25. The Kier molecular flexibility index (Phi) is 80.9. The first-order valence-corrected chi connectivity index (χ1v) is 0.200. The van der Waals surface area contributed by atoms with Crippen molar-refractivity contribution in [2.45, 2.75) is 0 Å². The van der Waals surface area contributed by atoms with Crippen molar-refractivity contribution in [3.05, 3.63) is 0 Å². The van der Waals surface area contributed by atoms with Crippen LogP contribution < -0.4 is 51.4 Å². The van der Waals surface area contributed by atoms with Crippen molar-refractivity contribution in [1.29, 1.82) is 0 Å². The molecule has 0 aliphatic heterocycles. The molecule has 0 aliphatic carbocycles. The average Bonchev–Trinajstić information content (AvgIpc) is 1.00. The van der Waals surface area contributed by atoms with Gasteiger partial charge in [0.2, 0.25) is 0 Å². The second-order valence-corrected chi connectivity index (χ2v) is 0. The second kappa shape index (κ2) is 19.6. The second-order valence-electron chi connectivity index (χ2n) is 0. The predicted octanol–water partition coefficient (Wildman–Crippen LogP) is -2.87. The first-order chi connectivity index (χ1) is 1.00. The van der Waals surface area contributed by atoms with Gasteiger partial charge in [0.1, 0.15) is 0 Å². The van der Waals surface area contributed by atoms with Crippen molar-refractivity contribution in [3.8, 4) is 0 Å². The van der Waals surface area contributed by atoms with Gasteiger partial charge in [-0.2, -0.15) is 0 Å². The summed E-state index contributed by atoms with van der Waals surface area (Å²) in [6, 6.07) is 0. The minimum Gasteiger partial charge on any atom is -1.00 e. The molecule has 24 valence electrons. The molecule has 0 saturated carbocycles. The van der Waals surface area contributed by atoms with E-state index in [2.05, 4.69) is 0 Å². The van der Waals surface area contributed by atoms with Crippen LogP contribution in [0.15, 0.2) is 0 Å². The molecule has 0 aromatic carbocycles. The maximum atomic E-state index is 6.00. The third-order valence-electron chi connectivity index (χ3n) is 0. The van der Waals surface area contributed by atoms with Crippen LogP contribution >= 0.6 is 0 Å². The first kappa shape index (κ1) is 16.5. The molecule has 0 bridgehead atoms. The SMILES string of the molecule is OO.[Fe].[H-].[K+]. The molecule has 0 fully saturated rings. The fourth-order valence-corrected chi connectivity index (χ4v) is 0. The summed E-state index contributed by atoms with van der Waals surface area (Å²) in [6.45, 7) is 0. The molecule has 0 unspecified atom stereocenters. The average molecular weight is 130 g/mol. The molecule has 0 aromatic heterocycles. The molecule has 0 spiro atoms. The largest absolute Gasteiger partial charge is 1.00 e. The minimum atomic E-state index is 0. The van der Waals surface area contributed by atoms with Gasteiger partial charge >= 0.3 is 51.4 Å². The van der Waals surface area contributed by atoms with E-state index >= 15 is 0 Å². The Bertz CT molecular complexity index is 9.61. The van der Waals surface area contributed by atoms with Gasteiger partial charge in [-0.25, -0.2) is 0 Å². The van der Waals surface area contributed by atoms with Gasteiger partial charge in [0.25, 0.3) is 0 Å². The summed E-state index contributed by atoms with van der Waals surface area (Å²) in [6.07, 6.45) is 0. The van der Waals surface area contributed by atoms with Crippen LogP contribution in [0, 0.1) is 0 Å². The van der Waals surface area contributed by atoms with Crippen LogP contribution in [-0.4, -0.2) is 10.5 Å². The van der Waals surface area contributed by atoms with Gasteiger partial charge in [-0.05, 0) is 0 Å². The van der Waals surface area contributed by atoms with Crippen LogP contribution in [0.5, 0.6) is 0 Å². The van der Waals surface area contributed by atoms with E-state index in [1.54, 1.807) is 0 Å². The zero-order chi connectivity index (χ0) is 2.00. The van der Waals surface area contributed by atoms with Crippen LogP contribution in [0.2, 0.25) is 0 Å². The molecule has 4 heavy (non-hydrogen) atoms. The van der Waals surface area contributed by atoms with Crippen LogP contribution in [-0.2, 0) is 17.1 Å². The Hall–Kier alpha value is 2.08. The predicted molar refractivity (Wildman–Crippen MR) is 6.37 cm³/mol. The fourth-order valence-electron chi connectivity index (χ4n) is 0. The first-order valence-electron chi connectivity index (χ1n) is 0.200. The topological polar surface area (TPSA) is 40.5 Å². The molecule has 0 rings (SSSR count). The van der Waals surface area contributed by atoms with E-state index in [-0.39, 0.29) is 69.9 Å². The van der Waals surface area contributed by atoms with Gasteiger partial charge in [-0.3, -0.25) is 10.5 Å². The van der Waals surface area contributed by atoms with Crippen molar-refractivity contribution < 1.29 is 80.4 Å². The van der Waals surface area contributed by atoms with Crippen molar-refractivity contribution in [2.75, 3.05) is 0 Å². The third-order valence-corrected chi connectivity index (χ3v) is 0. The minimum absolute atomic E-state index is 0. The molecule has 0 saturated heterocycles. The summed E-state index contributed by atoms with van der Waals surface area (Å²) < 4.78 is 0. The molecule has 2 N–H and O–H groups in total. The molecule has 0 aromatic rings. The molecule has 0 radical (unpaired) electrons. The van der Waals surface area contributed by atoms with Crippen molar-refractivity contribution in [3.63, 3.8) is 0 Å². The number of rotatable bonds is 0. The van der Waals surface area contributed by atoms with E-state index in [1.807, 2.05) is 0 Å². The van der Waals surface area contributed by atoms with Crippen LogP contribution in [0.3, 0.4) is 0 Å². The zero-order valence-corrected chi connectivity index (χ0v) is 6.48. The van der Waals surface area contributed by atoms with Gasteiger partial charge in [0, 0.05) is 17.1 Å². The van der Waals surface area contributed by atoms with Crippen LogP contribution in [0.25, 0.3) is 0 Å². The van der Waals surface area contributed by atoms with Crippen molar-refractivity contribution >= 4 is 0 Å². The maximum absolute atomic E-state index is 6.00. The third kappa shape index (κ3) is 8.95. The Morgan fingerprint density at radius 2 is 1.25 bits per heavy atom. The molecule has 2 nitrogen and oxygen atoms in total. The molecular weight excluding hydrogens is 127 g/mol. The maximum Gasteiger partial charge on any atom is 1.00 e. The molecular formula is H3FeKO2. The van der Waals surface area contributed by atoms with E-state index in [0.717, 1.165) is 0 Å². The Morgan fingerprint density at radius 1 is 1.25 bits per heavy atom. The number of hydrogen-bond donors (Lipinski definition) is 2. The molecule has 4 heteroatoms. The molecule has 0 aliphatic rings. The molecule has 0 amide bonds. The summed E-state index contributed by atoms with van der Waals surface area (Å²) in [5, 5.41) is 12.0. The van der Waals surface area contributed by atoms with E-state index < -0.39 is 0 Å². The smallest absolute Gasteiger partial charge is 1.00 e. The van der Waals surface area contributed by atoms with Crippen molar-refractivity contribution in [1.82, 2.24) is 0 Å². The van der Waals surface area contributed by atoms with E-state index in [1.165, 1.54) is 0 Å².